The summed E-state index contributed by atoms with van der Waals surface area (Å²) in [6.45, 7) is 0.288. The van der Waals surface area contributed by atoms with Crippen molar-refractivity contribution < 1.29 is 4.79 Å². The van der Waals surface area contributed by atoms with E-state index in [0.29, 0.717) is 15.9 Å². The average molecular weight is 433 g/mol. The van der Waals surface area contributed by atoms with Gasteiger partial charge in [-0.05, 0) is 35.4 Å². The molecule has 0 radical (unpaired) electrons. The number of benzene rings is 2. The molecule has 0 aliphatic rings. The highest BCUT2D eigenvalue weighted by Crippen LogP contribution is 2.22. The monoisotopic (exact) mass is 432 g/mol. The molecule has 5 nitrogen and oxygen atoms in total. The van der Waals surface area contributed by atoms with E-state index in [2.05, 4.69) is 15.5 Å². The number of carbonyl (C=O) groups is 1. The standard InChI is InChI=1S/C20H18Cl2N4OS/c1-26-18(12-23-19(27)11-8-15-4-2-3-5-17(15)22)24-25-20(26)28-13-14-6-9-16(21)10-7-14/h2-11H,12-13H2,1H3,(H,23,27)/b11-8+. The Kier molecular flexibility index (Phi) is 7.14. The number of halogens is 2. The number of nitrogens with zero attached hydrogens (tertiary/aromatic N) is 3. The maximum Gasteiger partial charge on any atom is 0.244 e. The van der Waals surface area contributed by atoms with Crippen molar-refractivity contribution in [1.29, 1.82) is 0 Å². The summed E-state index contributed by atoms with van der Waals surface area (Å²) < 4.78 is 1.87. The zero-order valence-corrected chi connectivity index (χ0v) is 17.4. The Morgan fingerprint density at radius 3 is 2.64 bits per heavy atom. The van der Waals surface area contributed by atoms with Crippen molar-refractivity contribution in [3.63, 3.8) is 0 Å². The molecule has 0 saturated heterocycles. The second-order valence-electron chi connectivity index (χ2n) is 5.95. The second kappa shape index (κ2) is 9.78. The summed E-state index contributed by atoms with van der Waals surface area (Å²) in [5.74, 6) is 1.21. The largest absolute Gasteiger partial charge is 0.345 e. The molecule has 0 aliphatic carbocycles. The van der Waals surface area contributed by atoms with Gasteiger partial charge in [0.15, 0.2) is 11.0 Å². The van der Waals surface area contributed by atoms with E-state index in [1.807, 2.05) is 54.1 Å². The summed E-state index contributed by atoms with van der Waals surface area (Å²) in [6.07, 6.45) is 3.13. The number of rotatable bonds is 7. The molecule has 0 spiro atoms. The zero-order valence-electron chi connectivity index (χ0n) is 15.1. The van der Waals surface area contributed by atoms with Crippen LogP contribution >= 0.6 is 35.0 Å². The molecule has 3 aromatic rings. The van der Waals surface area contributed by atoms with Crippen molar-refractivity contribution in [3.8, 4) is 0 Å². The number of nitrogens with one attached hydrogen (secondary N) is 1. The van der Waals surface area contributed by atoms with E-state index in [-0.39, 0.29) is 12.5 Å². The van der Waals surface area contributed by atoms with Gasteiger partial charge in [-0.25, -0.2) is 0 Å². The zero-order chi connectivity index (χ0) is 19.9. The molecule has 2 aromatic carbocycles. The molecule has 1 amide bonds. The van der Waals surface area contributed by atoms with Crippen molar-refractivity contribution in [1.82, 2.24) is 20.1 Å². The van der Waals surface area contributed by atoms with Gasteiger partial charge in [0.1, 0.15) is 0 Å². The van der Waals surface area contributed by atoms with Gasteiger partial charge in [-0.1, -0.05) is 65.3 Å². The van der Waals surface area contributed by atoms with Crippen LogP contribution in [0, 0.1) is 0 Å². The average Bonchev–Trinajstić information content (AvgIpc) is 3.05. The summed E-state index contributed by atoms with van der Waals surface area (Å²) in [5, 5.41) is 13.3. The fourth-order valence-corrected chi connectivity index (χ4v) is 3.56. The van der Waals surface area contributed by atoms with Gasteiger partial charge < -0.3 is 9.88 Å². The minimum absolute atomic E-state index is 0.224. The van der Waals surface area contributed by atoms with E-state index in [1.165, 1.54) is 6.08 Å². The van der Waals surface area contributed by atoms with Gasteiger partial charge in [0.2, 0.25) is 5.91 Å². The van der Waals surface area contributed by atoms with Crippen LogP contribution in [-0.4, -0.2) is 20.7 Å². The Morgan fingerprint density at radius 2 is 1.89 bits per heavy atom. The maximum atomic E-state index is 12.0. The summed E-state index contributed by atoms with van der Waals surface area (Å²) in [4.78, 5) is 12.0. The smallest absolute Gasteiger partial charge is 0.244 e. The lowest BCUT2D eigenvalue weighted by molar-refractivity contribution is -0.116. The lowest BCUT2D eigenvalue weighted by atomic mass is 10.2. The molecule has 0 atom stereocenters. The van der Waals surface area contributed by atoms with Crippen LogP contribution in [0.25, 0.3) is 6.08 Å². The van der Waals surface area contributed by atoms with E-state index < -0.39 is 0 Å². The van der Waals surface area contributed by atoms with Crippen LogP contribution in [0.15, 0.2) is 59.8 Å². The van der Waals surface area contributed by atoms with Gasteiger partial charge in [0.25, 0.3) is 0 Å². The van der Waals surface area contributed by atoms with Crippen molar-refractivity contribution in [3.05, 3.63) is 81.6 Å². The van der Waals surface area contributed by atoms with Crippen LogP contribution in [0.1, 0.15) is 17.0 Å². The molecule has 0 bridgehead atoms. The molecule has 0 fully saturated rings. The van der Waals surface area contributed by atoms with Crippen molar-refractivity contribution in [2.24, 2.45) is 7.05 Å². The minimum atomic E-state index is -0.224. The van der Waals surface area contributed by atoms with Crippen LogP contribution < -0.4 is 5.32 Å². The molecule has 3 rings (SSSR count). The van der Waals surface area contributed by atoms with E-state index in [4.69, 9.17) is 23.2 Å². The van der Waals surface area contributed by atoms with Crippen LogP contribution in [-0.2, 0) is 24.1 Å². The highest BCUT2D eigenvalue weighted by molar-refractivity contribution is 7.98. The lowest BCUT2D eigenvalue weighted by Crippen LogP contribution is -2.22. The molecule has 1 heterocycles. The third-order valence-electron chi connectivity index (χ3n) is 3.95. The number of thioether (sulfide) groups is 1. The molecule has 1 aromatic heterocycles. The molecule has 8 heteroatoms. The van der Waals surface area contributed by atoms with Crippen LogP contribution in [0.2, 0.25) is 10.0 Å². The summed E-state index contributed by atoms with van der Waals surface area (Å²) in [5.41, 5.74) is 1.94. The molecular formula is C20H18Cl2N4OS. The first-order chi connectivity index (χ1) is 13.5. The Labute approximate surface area is 177 Å². The molecule has 28 heavy (non-hydrogen) atoms. The Balaban J connectivity index is 1.53. The van der Waals surface area contributed by atoms with Crippen molar-refractivity contribution >= 4 is 46.9 Å². The minimum Gasteiger partial charge on any atom is -0.345 e. The van der Waals surface area contributed by atoms with Crippen LogP contribution in [0.5, 0.6) is 0 Å². The van der Waals surface area contributed by atoms with Gasteiger partial charge in [-0.15, -0.1) is 10.2 Å². The number of aromatic nitrogens is 3. The van der Waals surface area contributed by atoms with Crippen molar-refractivity contribution in [2.45, 2.75) is 17.5 Å². The number of amides is 1. The normalized spacial score (nSPS) is 11.1. The highest BCUT2D eigenvalue weighted by atomic mass is 35.5. The molecule has 0 unspecified atom stereocenters. The third-order valence-corrected chi connectivity index (χ3v) is 5.63. The topological polar surface area (TPSA) is 59.8 Å². The molecule has 0 aliphatic heterocycles. The van der Waals surface area contributed by atoms with E-state index >= 15 is 0 Å². The third kappa shape index (κ3) is 5.61. The fraction of sp³-hybridized carbons (Fsp3) is 0.150. The highest BCUT2D eigenvalue weighted by Gasteiger charge is 2.10. The van der Waals surface area contributed by atoms with Gasteiger partial charge in [0, 0.05) is 28.9 Å². The number of carbonyl (C=O) groups excluding carboxylic acids is 1. The Morgan fingerprint density at radius 1 is 1.14 bits per heavy atom. The molecule has 144 valence electrons. The number of hydrogen-bond acceptors (Lipinski definition) is 4. The molecular weight excluding hydrogens is 415 g/mol. The molecule has 0 saturated carbocycles. The number of hydrogen-bond donors (Lipinski definition) is 1. The van der Waals surface area contributed by atoms with Gasteiger partial charge in [-0.3, -0.25) is 4.79 Å². The first kappa shape index (κ1) is 20.5. The molecule has 1 N–H and O–H groups in total. The summed E-state index contributed by atoms with van der Waals surface area (Å²) in [6, 6.07) is 15.0. The van der Waals surface area contributed by atoms with Gasteiger partial charge >= 0.3 is 0 Å². The van der Waals surface area contributed by atoms with Crippen LogP contribution in [0.3, 0.4) is 0 Å². The van der Waals surface area contributed by atoms with Gasteiger partial charge in [-0.2, -0.15) is 0 Å². The predicted octanol–water partition coefficient (Wildman–Crippen LogP) is 4.74. The summed E-state index contributed by atoms with van der Waals surface area (Å²) in [7, 11) is 1.88. The lowest BCUT2D eigenvalue weighted by Gasteiger charge is -2.05. The van der Waals surface area contributed by atoms with Crippen LogP contribution in [0.4, 0.5) is 0 Å². The predicted molar refractivity (Wildman–Crippen MR) is 114 cm³/mol. The Hall–Kier alpha value is -2.28. The fourth-order valence-electron chi connectivity index (χ4n) is 2.35. The van der Waals surface area contributed by atoms with Crippen molar-refractivity contribution in [2.75, 3.05) is 0 Å². The van der Waals surface area contributed by atoms with E-state index in [9.17, 15) is 4.79 Å². The van der Waals surface area contributed by atoms with E-state index in [1.54, 1.807) is 23.9 Å². The second-order valence-corrected chi connectivity index (χ2v) is 7.73. The Bertz CT molecular complexity index is 986. The SMILES string of the molecule is Cn1c(CNC(=O)/C=C/c2ccccc2Cl)nnc1SCc1ccc(Cl)cc1. The first-order valence-corrected chi connectivity index (χ1v) is 10.2. The summed E-state index contributed by atoms with van der Waals surface area (Å²) >= 11 is 13.6. The van der Waals surface area contributed by atoms with Gasteiger partial charge in [0.05, 0.1) is 6.54 Å². The maximum absolute atomic E-state index is 12.0. The first-order valence-electron chi connectivity index (χ1n) is 8.49. The van der Waals surface area contributed by atoms with E-state index in [0.717, 1.165) is 22.0 Å². The quantitative estimate of drug-likeness (QED) is 0.432.